The molecule has 2 unspecified atom stereocenters. The van der Waals surface area contributed by atoms with Gasteiger partial charge in [0, 0.05) is 24.2 Å². The molecular formula is C15H18F4N2O. The van der Waals surface area contributed by atoms with Gasteiger partial charge in [0.25, 0.3) is 5.91 Å². The van der Waals surface area contributed by atoms with Crippen LogP contribution in [-0.4, -0.2) is 29.4 Å². The summed E-state index contributed by atoms with van der Waals surface area (Å²) >= 11 is 0. The maximum absolute atomic E-state index is 13.4. The third-order valence-corrected chi connectivity index (χ3v) is 3.89. The van der Waals surface area contributed by atoms with Crippen molar-refractivity contribution in [2.75, 3.05) is 6.54 Å². The molecule has 0 spiro atoms. The molecule has 1 saturated heterocycles. The Kier molecular flexibility index (Phi) is 4.75. The minimum Gasteiger partial charge on any atom is -0.334 e. The number of piperidine rings is 1. The molecular weight excluding hydrogens is 300 g/mol. The highest BCUT2D eigenvalue weighted by Gasteiger charge is 2.34. The quantitative estimate of drug-likeness (QED) is 0.851. The van der Waals surface area contributed by atoms with Gasteiger partial charge in [0.15, 0.2) is 0 Å². The first kappa shape index (κ1) is 16.7. The minimum absolute atomic E-state index is 0.237. The van der Waals surface area contributed by atoms with Crippen molar-refractivity contribution >= 4 is 5.91 Å². The van der Waals surface area contributed by atoms with Crippen LogP contribution in [0.15, 0.2) is 18.2 Å². The van der Waals surface area contributed by atoms with Crippen LogP contribution in [0, 0.1) is 5.82 Å². The van der Waals surface area contributed by atoms with E-state index in [1.54, 1.807) is 6.92 Å². The van der Waals surface area contributed by atoms with E-state index in [-0.39, 0.29) is 17.6 Å². The summed E-state index contributed by atoms with van der Waals surface area (Å²) in [5, 5.41) is 0. The topological polar surface area (TPSA) is 46.3 Å². The number of nitrogens with two attached hydrogens (primary N) is 1. The van der Waals surface area contributed by atoms with Crippen molar-refractivity contribution in [3.8, 4) is 0 Å². The van der Waals surface area contributed by atoms with Gasteiger partial charge in [-0.25, -0.2) is 4.39 Å². The van der Waals surface area contributed by atoms with Crippen LogP contribution in [0.2, 0.25) is 0 Å². The van der Waals surface area contributed by atoms with E-state index in [1.165, 1.54) is 4.90 Å². The maximum atomic E-state index is 13.4. The van der Waals surface area contributed by atoms with E-state index in [2.05, 4.69) is 0 Å². The van der Waals surface area contributed by atoms with Gasteiger partial charge < -0.3 is 10.6 Å². The predicted octanol–water partition coefficient (Wildman–Crippen LogP) is 3.19. The number of likely N-dealkylation sites (tertiary alicyclic amines) is 1. The Hall–Kier alpha value is -1.63. The summed E-state index contributed by atoms with van der Waals surface area (Å²) in [5.74, 6) is -1.68. The third-order valence-electron chi connectivity index (χ3n) is 3.89. The number of halogens is 4. The van der Waals surface area contributed by atoms with Crippen molar-refractivity contribution in [2.24, 2.45) is 5.73 Å². The molecule has 122 valence electrons. The molecule has 2 N–H and O–H groups in total. The Morgan fingerprint density at radius 3 is 2.59 bits per heavy atom. The zero-order valence-electron chi connectivity index (χ0n) is 12.2. The summed E-state index contributed by atoms with van der Waals surface area (Å²) in [5.41, 5.74) is 4.40. The van der Waals surface area contributed by atoms with Crippen LogP contribution in [0.25, 0.3) is 0 Å². The predicted molar refractivity (Wildman–Crippen MR) is 73.7 cm³/mol. The number of alkyl halides is 3. The summed E-state index contributed by atoms with van der Waals surface area (Å²) in [4.78, 5) is 13.9. The highest BCUT2D eigenvalue weighted by Crippen LogP contribution is 2.31. The Morgan fingerprint density at radius 2 is 2.00 bits per heavy atom. The van der Waals surface area contributed by atoms with Crippen molar-refractivity contribution in [2.45, 2.75) is 44.4 Å². The lowest BCUT2D eigenvalue weighted by atomic mass is 9.95. The highest BCUT2D eigenvalue weighted by molar-refractivity contribution is 5.94. The standard InChI is InChI=1S/C15H18F4N2O/c1-9(20)13-4-2-3-5-21(13)14(22)10-6-11(15(17,18)19)8-12(16)7-10/h6-9,13H,2-5,20H2,1H3. The SMILES string of the molecule is CC(N)C1CCCCN1C(=O)c1cc(F)cc(C(F)(F)F)c1. The second-order valence-corrected chi connectivity index (χ2v) is 5.65. The van der Waals surface area contributed by atoms with E-state index in [1.807, 2.05) is 0 Å². The minimum atomic E-state index is -4.69. The lowest BCUT2D eigenvalue weighted by molar-refractivity contribution is -0.137. The molecule has 1 aromatic carbocycles. The fourth-order valence-electron chi connectivity index (χ4n) is 2.80. The zero-order valence-corrected chi connectivity index (χ0v) is 12.2. The Labute approximate surface area is 126 Å². The van der Waals surface area contributed by atoms with Gasteiger partial charge in [-0.15, -0.1) is 0 Å². The van der Waals surface area contributed by atoms with Gasteiger partial charge in [-0.1, -0.05) is 0 Å². The lowest BCUT2D eigenvalue weighted by Crippen LogP contribution is -2.51. The lowest BCUT2D eigenvalue weighted by Gasteiger charge is -2.38. The van der Waals surface area contributed by atoms with Crippen LogP contribution in [-0.2, 0) is 6.18 Å². The van der Waals surface area contributed by atoms with Crippen molar-refractivity contribution in [1.29, 1.82) is 0 Å². The average molecular weight is 318 g/mol. The molecule has 1 aromatic rings. The van der Waals surface area contributed by atoms with Gasteiger partial charge in [-0.2, -0.15) is 13.2 Å². The molecule has 1 aliphatic heterocycles. The molecule has 0 radical (unpaired) electrons. The van der Waals surface area contributed by atoms with Crippen LogP contribution >= 0.6 is 0 Å². The van der Waals surface area contributed by atoms with E-state index >= 15 is 0 Å². The normalized spacial score (nSPS) is 20.8. The summed E-state index contributed by atoms with van der Waals surface area (Å²) < 4.78 is 51.7. The number of carbonyl (C=O) groups is 1. The summed E-state index contributed by atoms with van der Waals surface area (Å²) in [6.07, 6.45) is -2.33. The Bertz CT molecular complexity index is 557. The number of rotatable bonds is 2. The fourth-order valence-corrected chi connectivity index (χ4v) is 2.80. The number of amides is 1. The van der Waals surface area contributed by atoms with Crippen LogP contribution in [0.4, 0.5) is 17.6 Å². The highest BCUT2D eigenvalue weighted by atomic mass is 19.4. The monoisotopic (exact) mass is 318 g/mol. The van der Waals surface area contributed by atoms with Crippen LogP contribution < -0.4 is 5.73 Å². The van der Waals surface area contributed by atoms with E-state index in [9.17, 15) is 22.4 Å². The fraction of sp³-hybridized carbons (Fsp3) is 0.533. The largest absolute Gasteiger partial charge is 0.416 e. The van der Waals surface area contributed by atoms with Crippen molar-refractivity contribution in [3.05, 3.63) is 35.1 Å². The van der Waals surface area contributed by atoms with E-state index in [4.69, 9.17) is 5.73 Å². The second kappa shape index (κ2) is 6.24. The molecule has 2 rings (SSSR count). The third kappa shape index (κ3) is 3.58. The van der Waals surface area contributed by atoms with Crippen LogP contribution in [0.3, 0.4) is 0 Å². The van der Waals surface area contributed by atoms with Gasteiger partial charge in [0.1, 0.15) is 5.82 Å². The number of nitrogens with zero attached hydrogens (tertiary/aromatic N) is 1. The molecule has 0 bridgehead atoms. The molecule has 2 atom stereocenters. The van der Waals surface area contributed by atoms with Crippen molar-refractivity contribution in [3.63, 3.8) is 0 Å². The van der Waals surface area contributed by atoms with Gasteiger partial charge in [-0.3, -0.25) is 4.79 Å². The van der Waals surface area contributed by atoms with Gasteiger partial charge in [0.05, 0.1) is 5.56 Å². The van der Waals surface area contributed by atoms with Gasteiger partial charge in [0.2, 0.25) is 0 Å². The molecule has 1 fully saturated rings. The summed E-state index contributed by atoms with van der Waals surface area (Å²) in [6.45, 7) is 2.17. The summed E-state index contributed by atoms with van der Waals surface area (Å²) in [6, 6.07) is 1.39. The molecule has 1 amide bonds. The molecule has 7 heteroatoms. The zero-order chi connectivity index (χ0) is 16.5. The molecule has 3 nitrogen and oxygen atoms in total. The molecule has 22 heavy (non-hydrogen) atoms. The van der Waals surface area contributed by atoms with E-state index in [0.717, 1.165) is 18.9 Å². The van der Waals surface area contributed by atoms with Crippen molar-refractivity contribution < 1.29 is 22.4 Å². The number of hydrogen-bond acceptors (Lipinski definition) is 2. The number of benzene rings is 1. The van der Waals surface area contributed by atoms with Crippen LogP contribution in [0.1, 0.15) is 42.1 Å². The van der Waals surface area contributed by atoms with E-state index in [0.29, 0.717) is 25.1 Å². The maximum Gasteiger partial charge on any atom is 0.416 e. The number of hydrogen-bond donors (Lipinski definition) is 1. The Morgan fingerprint density at radius 1 is 1.32 bits per heavy atom. The molecule has 1 aliphatic rings. The average Bonchev–Trinajstić information content (AvgIpc) is 2.45. The van der Waals surface area contributed by atoms with Crippen LogP contribution in [0.5, 0.6) is 0 Å². The first-order chi connectivity index (χ1) is 10.2. The summed E-state index contributed by atoms with van der Waals surface area (Å²) in [7, 11) is 0. The van der Waals surface area contributed by atoms with Gasteiger partial charge >= 0.3 is 6.18 Å². The second-order valence-electron chi connectivity index (χ2n) is 5.65. The first-order valence-electron chi connectivity index (χ1n) is 7.14. The molecule has 0 saturated carbocycles. The number of carbonyl (C=O) groups excluding carboxylic acids is 1. The van der Waals surface area contributed by atoms with Gasteiger partial charge in [-0.05, 0) is 44.4 Å². The molecule has 0 aromatic heterocycles. The Balaban J connectivity index is 2.34. The molecule has 0 aliphatic carbocycles. The first-order valence-corrected chi connectivity index (χ1v) is 7.14. The van der Waals surface area contributed by atoms with Crippen molar-refractivity contribution in [1.82, 2.24) is 4.90 Å². The smallest absolute Gasteiger partial charge is 0.334 e. The van der Waals surface area contributed by atoms with E-state index < -0.39 is 23.5 Å². The molecule has 1 heterocycles.